The van der Waals surface area contributed by atoms with Gasteiger partial charge in [-0.3, -0.25) is 9.78 Å². The highest BCUT2D eigenvalue weighted by molar-refractivity contribution is 6.33. The molecule has 2 fully saturated rings. The number of carbonyl (C=O) groups is 1. The normalized spacial score (nSPS) is 18.1. The fraction of sp³-hybridized carbons (Fsp3) is 0.333. The minimum Gasteiger partial charge on any atom is -0.382 e. The fourth-order valence-corrected chi connectivity index (χ4v) is 4.70. The summed E-state index contributed by atoms with van der Waals surface area (Å²) in [5.74, 6) is -0.182. The summed E-state index contributed by atoms with van der Waals surface area (Å²) in [7, 11) is 0. The first-order valence-electron chi connectivity index (χ1n) is 10.8. The van der Waals surface area contributed by atoms with Crippen LogP contribution in [0.3, 0.4) is 0 Å². The van der Waals surface area contributed by atoms with Gasteiger partial charge in [-0.2, -0.15) is 4.99 Å². The number of nitrogens with two attached hydrogens (primary N) is 1. The van der Waals surface area contributed by atoms with Crippen LogP contribution in [0, 0.1) is 17.2 Å². The van der Waals surface area contributed by atoms with Crippen LogP contribution >= 0.6 is 11.6 Å². The predicted molar refractivity (Wildman–Crippen MR) is 122 cm³/mol. The number of H-pyrrole nitrogens is 1. The third kappa shape index (κ3) is 4.05. The van der Waals surface area contributed by atoms with E-state index in [1.807, 2.05) is 0 Å². The Kier molecular flexibility index (Phi) is 5.29. The lowest BCUT2D eigenvalue weighted by atomic mass is 9.79. The molecule has 2 aliphatic carbocycles. The van der Waals surface area contributed by atoms with E-state index in [1.54, 1.807) is 36.7 Å². The van der Waals surface area contributed by atoms with Crippen molar-refractivity contribution in [2.24, 2.45) is 22.1 Å². The summed E-state index contributed by atoms with van der Waals surface area (Å²) in [5, 5.41) is 0.276. The number of hydrogen-bond donors (Lipinski definition) is 2. The molecule has 164 valence electrons. The van der Waals surface area contributed by atoms with Gasteiger partial charge in [-0.15, -0.1) is 0 Å². The van der Waals surface area contributed by atoms with Crippen molar-refractivity contribution in [1.29, 1.82) is 0 Å². The molecule has 2 heterocycles. The van der Waals surface area contributed by atoms with Crippen molar-refractivity contribution in [3.63, 3.8) is 0 Å². The van der Waals surface area contributed by atoms with E-state index < -0.39 is 5.82 Å². The van der Waals surface area contributed by atoms with Crippen molar-refractivity contribution in [3.8, 4) is 22.6 Å². The zero-order valence-corrected chi connectivity index (χ0v) is 18.2. The van der Waals surface area contributed by atoms with E-state index >= 15 is 0 Å². The summed E-state index contributed by atoms with van der Waals surface area (Å²) < 4.78 is 14.2. The first kappa shape index (κ1) is 20.8. The Labute approximate surface area is 190 Å². The number of aromatic amines is 1. The summed E-state index contributed by atoms with van der Waals surface area (Å²) in [4.78, 5) is 28.3. The topological polar surface area (TPSA) is 97.0 Å². The van der Waals surface area contributed by atoms with Gasteiger partial charge in [0.25, 0.3) is 5.91 Å². The Morgan fingerprint density at radius 2 is 1.91 bits per heavy atom. The SMILES string of the molecule is NC(=NC(=O)C1CCC2(CC1)CC2)c1ccc(-c2cnc(-c3c(F)cccc3Cl)[nH]2)cn1. The van der Waals surface area contributed by atoms with Gasteiger partial charge in [0.1, 0.15) is 17.3 Å². The van der Waals surface area contributed by atoms with Crippen molar-refractivity contribution in [1.82, 2.24) is 15.0 Å². The standard InChI is InChI=1S/C24H23ClFN5O/c25-16-2-1-3-17(26)20(16)22-29-13-19(30-22)15-4-5-18(28-12-15)21(27)31-23(32)14-6-8-24(9-7-14)10-11-24/h1-5,12-14H,6-11H2,(H,29,30)(H2,27,31,32). The highest BCUT2D eigenvalue weighted by atomic mass is 35.5. The minimum absolute atomic E-state index is 0.0346. The zero-order chi connectivity index (χ0) is 22.3. The van der Waals surface area contributed by atoms with Gasteiger partial charge < -0.3 is 10.7 Å². The Morgan fingerprint density at radius 1 is 1.12 bits per heavy atom. The molecule has 1 aromatic carbocycles. The van der Waals surface area contributed by atoms with Gasteiger partial charge >= 0.3 is 0 Å². The maximum atomic E-state index is 14.2. The van der Waals surface area contributed by atoms with Crippen LogP contribution in [0.4, 0.5) is 4.39 Å². The van der Waals surface area contributed by atoms with Gasteiger partial charge in [0.15, 0.2) is 5.84 Å². The molecule has 3 aromatic rings. The van der Waals surface area contributed by atoms with E-state index in [0.717, 1.165) is 31.2 Å². The van der Waals surface area contributed by atoms with Crippen LogP contribution < -0.4 is 5.73 Å². The fourth-order valence-electron chi connectivity index (χ4n) is 4.44. The Bertz CT molecular complexity index is 1170. The van der Waals surface area contributed by atoms with E-state index in [9.17, 15) is 9.18 Å². The number of carbonyl (C=O) groups excluding carboxylic acids is 1. The molecule has 5 rings (SSSR count). The highest BCUT2D eigenvalue weighted by Gasteiger charge is 2.45. The van der Waals surface area contributed by atoms with Gasteiger partial charge in [0.05, 0.1) is 22.5 Å². The number of benzene rings is 1. The Hall–Kier alpha value is -3.06. The minimum atomic E-state index is -0.453. The smallest absolute Gasteiger partial charge is 0.250 e. The number of imidazole rings is 1. The van der Waals surface area contributed by atoms with Crippen molar-refractivity contribution in [2.45, 2.75) is 38.5 Å². The largest absolute Gasteiger partial charge is 0.382 e. The molecule has 2 aromatic heterocycles. The van der Waals surface area contributed by atoms with Crippen molar-refractivity contribution in [3.05, 3.63) is 59.3 Å². The van der Waals surface area contributed by atoms with Crippen LogP contribution in [0.5, 0.6) is 0 Å². The summed E-state index contributed by atoms with van der Waals surface area (Å²) in [6.07, 6.45) is 9.85. The van der Waals surface area contributed by atoms with Crippen molar-refractivity contribution in [2.75, 3.05) is 0 Å². The molecule has 0 bridgehead atoms. The lowest BCUT2D eigenvalue weighted by Crippen LogP contribution is -2.24. The van der Waals surface area contributed by atoms with Crippen molar-refractivity contribution < 1.29 is 9.18 Å². The number of aromatic nitrogens is 3. The van der Waals surface area contributed by atoms with Crippen LogP contribution in [-0.2, 0) is 4.79 Å². The lowest BCUT2D eigenvalue weighted by molar-refractivity contribution is -0.122. The van der Waals surface area contributed by atoms with Crippen LogP contribution in [-0.4, -0.2) is 26.7 Å². The second kappa shape index (κ2) is 8.13. The number of nitrogens with zero attached hydrogens (tertiary/aromatic N) is 3. The van der Waals surface area contributed by atoms with Gasteiger partial charge in [-0.1, -0.05) is 17.7 Å². The number of halogens is 2. The van der Waals surface area contributed by atoms with E-state index in [-0.39, 0.29) is 28.2 Å². The molecule has 32 heavy (non-hydrogen) atoms. The predicted octanol–water partition coefficient (Wildman–Crippen LogP) is 5.13. The zero-order valence-electron chi connectivity index (χ0n) is 17.4. The molecule has 0 atom stereocenters. The monoisotopic (exact) mass is 451 g/mol. The Morgan fingerprint density at radius 3 is 2.56 bits per heavy atom. The average Bonchev–Trinajstić information content (AvgIpc) is 3.36. The highest BCUT2D eigenvalue weighted by Crippen LogP contribution is 2.57. The van der Waals surface area contributed by atoms with Gasteiger partial charge in [0.2, 0.25) is 0 Å². The summed E-state index contributed by atoms with van der Waals surface area (Å²) in [6.45, 7) is 0. The molecular weight excluding hydrogens is 429 g/mol. The molecule has 6 nitrogen and oxygen atoms in total. The van der Waals surface area contributed by atoms with Gasteiger partial charge in [-0.25, -0.2) is 9.37 Å². The third-order valence-electron chi connectivity index (χ3n) is 6.70. The number of hydrogen-bond acceptors (Lipinski definition) is 3. The number of amidine groups is 1. The van der Waals surface area contributed by atoms with Crippen LogP contribution in [0.25, 0.3) is 22.6 Å². The summed E-state index contributed by atoms with van der Waals surface area (Å²) >= 11 is 6.12. The van der Waals surface area contributed by atoms with Crippen LogP contribution in [0.15, 0.2) is 47.7 Å². The maximum absolute atomic E-state index is 14.2. The summed E-state index contributed by atoms with van der Waals surface area (Å²) in [6, 6.07) is 7.99. The first-order chi connectivity index (χ1) is 15.4. The van der Waals surface area contributed by atoms with Crippen molar-refractivity contribution >= 4 is 23.3 Å². The molecule has 0 unspecified atom stereocenters. The van der Waals surface area contributed by atoms with E-state index in [1.165, 1.54) is 18.9 Å². The molecule has 2 saturated carbocycles. The number of amides is 1. The molecule has 0 radical (unpaired) electrons. The number of pyridine rings is 1. The molecule has 1 spiro atoms. The second-order valence-electron chi connectivity index (χ2n) is 8.78. The van der Waals surface area contributed by atoms with Crippen LogP contribution in [0.2, 0.25) is 5.02 Å². The quantitative estimate of drug-likeness (QED) is 0.424. The molecule has 2 aliphatic rings. The molecule has 3 N–H and O–H groups in total. The number of nitrogens with one attached hydrogen (secondary N) is 1. The number of rotatable bonds is 4. The molecule has 0 aliphatic heterocycles. The lowest BCUT2D eigenvalue weighted by Gasteiger charge is -2.26. The van der Waals surface area contributed by atoms with Crippen LogP contribution in [0.1, 0.15) is 44.2 Å². The van der Waals surface area contributed by atoms with Gasteiger partial charge in [-0.05, 0) is 68.2 Å². The summed E-state index contributed by atoms with van der Waals surface area (Å²) in [5.41, 5.74) is 8.64. The average molecular weight is 452 g/mol. The molecule has 1 amide bonds. The van der Waals surface area contributed by atoms with E-state index in [0.29, 0.717) is 22.6 Å². The molecule has 0 saturated heterocycles. The second-order valence-corrected chi connectivity index (χ2v) is 9.19. The van der Waals surface area contributed by atoms with E-state index in [4.69, 9.17) is 17.3 Å². The molecular formula is C24H23ClFN5O. The van der Waals surface area contributed by atoms with E-state index in [2.05, 4.69) is 19.9 Å². The first-order valence-corrected chi connectivity index (χ1v) is 11.2. The van der Waals surface area contributed by atoms with Gasteiger partial charge in [0, 0.05) is 17.7 Å². The number of aliphatic imine (C=N–C) groups is 1. The Balaban J connectivity index is 1.29. The maximum Gasteiger partial charge on any atom is 0.250 e. The third-order valence-corrected chi connectivity index (χ3v) is 7.01. The molecule has 8 heteroatoms.